The summed E-state index contributed by atoms with van der Waals surface area (Å²) in [6, 6.07) is 0.325. The maximum atomic E-state index is 12.8. The Kier molecular flexibility index (Phi) is 6.23. The van der Waals surface area contributed by atoms with Crippen LogP contribution in [0.4, 0.5) is 0 Å². The molecule has 2 aliphatic rings. The van der Waals surface area contributed by atoms with Crippen LogP contribution in [0.2, 0.25) is 0 Å². The monoisotopic (exact) mass is 398 g/mol. The minimum absolute atomic E-state index is 0.319. The first-order valence-corrected chi connectivity index (χ1v) is 10.7. The number of ether oxygens (including phenoxy) is 1. The maximum Gasteiger partial charge on any atom is 0.223 e. The molecule has 2 fully saturated rings. The van der Waals surface area contributed by atoms with Gasteiger partial charge in [-0.1, -0.05) is 5.16 Å². The smallest absolute Gasteiger partial charge is 0.223 e. The van der Waals surface area contributed by atoms with Crippen LogP contribution in [-0.2, 0) is 16.0 Å². The molecule has 156 valence electrons. The Morgan fingerprint density at radius 2 is 2.00 bits per heavy atom. The molecule has 0 bridgehead atoms. The van der Waals surface area contributed by atoms with Crippen LogP contribution in [0.5, 0.6) is 0 Å². The summed E-state index contributed by atoms with van der Waals surface area (Å²) in [6.45, 7) is 6.28. The van der Waals surface area contributed by atoms with Gasteiger partial charge in [-0.2, -0.15) is 0 Å². The summed E-state index contributed by atoms with van der Waals surface area (Å²) >= 11 is 0. The number of hydrogen-bond acceptors (Lipinski definition) is 6. The molecule has 29 heavy (non-hydrogen) atoms. The van der Waals surface area contributed by atoms with Gasteiger partial charge in [0.25, 0.3) is 0 Å². The van der Waals surface area contributed by atoms with Crippen molar-refractivity contribution >= 4 is 5.91 Å². The lowest BCUT2D eigenvalue weighted by molar-refractivity contribution is -0.133. The van der Waals surface area contributed by atoms with Crippen molar-refractivity contribution < 1.29 is 14.1 Å². The molecule has 0 aliphatic carbocycles. The second kappa shape index (κ2) is 9.03. The second-order valence-corrected chi connectivity index (χ2v) is 8.27. The van der Waals surface area contributed by atoms with Gasteiger partial charge in [0, 0.05) is 38.4 Å². The summed E-state index contributed by atoms with van der Waals surface area (Å²) in [5.41, 5.74) is 3.50. The van der Waals surface area contributed by atoms with Gasteiger partial charge in [0.05, 0.1) is 28.8 Å². The van der Waals surface area contributed by atoms with Crippen molar-refractivity contribution in [2.45, 2.75) is 64.8 Å². The van der Waals surface area contributed by atoms with Crippen molar-refractivity contribution in [1.29, 1.82) is 0 Å². The van der Waals surface area contributed by atoms with Gasteiger partial charge < -0.3 is 14.2 Å². The summed E-state index contributed by atoms with van der Waals surface area (Å²) < 4.78 is 10.6. The van der Waals surface area contributed by atoms with Gasteiger partial charge in [-0.05, 0) is 58.3 Å². The molecule has 7 heteroatoms. The lowest BCUT2D eigenvalue weighted by atomic mass is 9.95. The van der Waals surface area contributed by atoms with Crippen molar-refractivity contribution in [3.63, 3.8) is 0 Å². The Balaban J connectivity index is 1.32. The van der Waals surface area contributed by atoms with Gasteiger partial charge in [-0.15, -0.1) is 0 Å². The standard InChI is InChI=1S/C22H30N4O3/c1-15-22(16(2)29-25-15)20-14-23-18(13-24-20)5-6-19-4-3-9-26(19)21(27)12-17-7-10-28-11-8-17/h13-14,17,19H,3-12H2,1-2H3. The van der Waals surface area contributed by atoms with Crippen LogP contribution in [-0.4, -0.2) is 51.7 Å². The Bertz CT molecular complexity index is 808. The number of amides is 1. The zero-order valence-electron chi connectivity index (χ0n) is 17.4. The molecule has 4 rings (SSSR count). The number of aryl methyl sites for hydroxylation is 3. The third-order valence-corrected chi connectivity index (χ3v) is 6.23. The third-order valence-electron chi connectivity index (χ3n) is 6.23. The zero-order chi connectivity index (χ0) is 20.2. The van der Waals surface area contributed by atoms with Gasteiger partial charge in [0.2, 0.25) is 5.91 Å². The third kappa shape index (κ3) is 4.66. The van der Waals surface area contributed by atoms with Gasteiger partial charge in [0.1, 0.15) is 5.76 Å². The predicted molar refractivity (Wildman–Crippen MR) is 108 cm³/mol. The topological polar surface area (TPSA) is 81.4 Å². The molecule has 0 radical (unpaired) electrons. The van der Waals surface area contributed by atoms with E-state index in [1.807, 2.05) is 20.0 Å². The number of carbonyl (C=O) groups is 1. The molecule has 1 unspecified atom stereocenters. The molecular formula is C22H30N4O3. The minimum atomic E-state index is 0.319. The first kappa shape index (κ1) is 20.0. The van der Waals surface area contributed by atoms with Gasteiger partial charge in [-0.25, -0.2) is 0 Å². The molecule has 2 aromatic heterocycles. The highest BCUT2D eigenvalue weighted by molar-refractivity contribution is 5.77. The van der Waals surface area contributed by atoms with E-state index in [1.54, 1.807) is 6.20 Å². The molecule has 2 aromatic rings. The van der Waals surface area contributed by atoms with Crippen molar-refractivity contribution in [2.24, 2.45) is 5.92 Å². The average Bonchev–Trinajstić information content (AvgIpc) is 3.34. The zero-order valence-corrected chi connectivity index (χ0v) is 17.4. The number of nitrogens with zero attached hydrogens (tertiary/aromatic N) is 4. The minimum Gasteiger partial charge on any atom is -0.381 e. The van der Waals surface area contributed by atoms with E-state index in [4.69, 9.17) is 9.26 Å². The summed E-state index contributed by atoms with van der Waals surface area (Å²) in [7, 11) is 0. The normalized spacial score (nSPS) is 20.3. The Morgan fingerprint density at radius 3 is 2.69 bits per heavy atom. The average molecular weight is 399 g/mol. The lowest BCUT2D eigenvalue weighted by Crippen LogP contribution is -2.37. The molecule has 2 aliphatic heterocycles. The van der Waals surface area contributed by atoms with Crippen LogP contribution in [0, 0.1) is 19.8 Å². The highest BCUT2D eigenvalue weighted by Crippen LogP contribution is 2.27. The van der Waals surface area contributed by atoms with Crippen LogP contribution < -0.4 is 0 Å². The molecule has 4 heterocycles. The van der Waals surface area contributed by atoms with E-state index < -0.39 is 0 Å². The highest BCUT2D eigenvalue weighted by Gasteiger charge is 2.30. The van der Waals surface area contributed by atoms with Crippen molar-refractivity contribution in [1.82, 2.24) is 20.0 Å². The van der Waals surface area contributed by atoms with Crippen molar-refractivity contribution in [3.8, 4) is 11.3 Å². The summed E-state index contributed by atoms with van der Waals surface area (Å²) in [5.74, 6) is 1.56. The molecule has 2 saturated heterocycles. The van der Waals surface area contributed by atoms with E-state index in [-0.39, 0.29) is 0 Å². The fraction of sp³-hybridized carbons (Fsp3) is 0.636. The number of rotatable bonds is 6. The Labute approximate surface area is 171 Å². The van der Waals surface area contributed by atoms with Gasteiger partial charge in [0.15, 0.2) is 0 Å². The molecular weight excluding hydrogens is 368 g/mol. The number of likely N-dealkylation sites (tertiary alicyclic amines) is 1. The van der Waals surface area contributed by atoms with Crippen molar-refractivity contribution in [3.05, 3.63) is 29.5 Å². The van der Waals surface area contributed by atoms with Crippen LogP contribution in [0.15, 0.2) is 16.9 Å². The Morgan fingerprint density at radius 1 is 1.17 bits per heavy atom. The second-order valence-electron chi connectivity index (χ2n) is 8.27. The van der Waals surface area contributed by atoms with E-state index in [1.165, 1.54) is 0 Å². The molecule has 1 amide bonds. The van der Waals surface area contributed by atoms with Crippen LogP contribution in [0.3, 0.4) is 0 Å². The first-order chi connectivity index (χ1) is 14.1. The van der Waals surface area contributed by atoms with E-state index in [9.17, 15) is 4.79 Å². The largest absolute Gasteiger partial charge is 0.381 e. The SMILES string of the molecule is Cc1noc(C)c1-c1cnc(CCC2CCCN2C(=O)CC2CCOCC2)cn1. The number of hydrogen-bond donors (Lipinski definition) is 0. The highest BCUT2D eigenvalue weighted by atomic mass is 16.5. The molecule has 0 spiro atoms. The van der Waals surface area contributed by atoms with Crippen LogP contribution in [0.25, 0.3) is 11.3 Å². The number of carbonyl (C=O) groups excluding carboxylic acids is 1. The molecule has 7 nitrogen and oxygen atoms in total. The van der Waals surface area contributed by atoms with Crippen LogP contribution >= 0.6 is 0 Å². The van der Waals surface area contributed by atoms with Gasteiger partial charge in [-0.3, -0.25) is 14.8 Å². The van der Waals surface area contributed by atoms with Crippen molar-refractivity contribution in [2.75, 3.05) is 19.8 Å². The summed E-state index contributed by atoms with van der Waals surface area (Å²) in [4.78, 5) is 24.1. The van der Waals surface area contributed by atoms with Gasteiger partial charge >= 0.3 is 0 Å². The first-order valence-electron chi connectivity index (χ1n) is 10.7. The Hall–Kier alpha value is -2.28. The fourth-order valence-electron chi connectivity index (χ4n) is 4.56. The van der Waals surface area contributed by atoms with E-state index in [2.05, 4.69) is 20.0 Å². The van der Waals surface area contributed by atoms with Crippen LogP contribution in [0.1, 0.15) is 55.7 Å². The molecule has 0 N–H and O–H groups in total. The summed E-state index contributed by atoms with van der Waals surface area (Å²) in [5, 5.41) is 3.98. The molecule has 0 aromatic carbocycles. The van der Waals surface area contributed by atoms with E-state index in [0.29, 0.717) is 24.3 Å². The fourth-order valence-corrected chi connectivity index (χ4v) is 4.56. The molecule has 0 saturated carbocycles. The maximum absolute atomic E-state index is 12.8. The summed E-state index contributed by atoms with van der Waals surface area (Å²) in [6.07, 6.45) is 10.3. The predicted octanol–water partition coefficient (Wildman–Crippen LogP) is 3.49. The lowest BCUT2D eigenvalue weighted by Gasteiger charge is -2.28. The number of aromatic nitrogens is 3. The quantitative estimate of drug-likeness (QED) is 0.741. The molecule has 1 atom stereocenters. The van der Waals surface area contributed by atoms with E-state index in [0.717, 1.165) is 86.7 Å². The van der Waals surface area contributed by atoms with E-state index >= 15 is 0 Å².